The molecule has 0 aliphatic heterocycles. The summed E-state index contributed by atoms with van der Waals surface area (Å²) in [6, 6.07) is 6.65. The van der Waals surface area contributed by atoms with Crippen LogP contribution in [0.2, 0.25) is 0 Å². The van der Waals surface area contributed by atoms with Crippen molar-refractivity contribution in [2.75, 3.05) is 19.0 Å². The number of nitrogens with zero attached hydrogens (tertiary/aromatic N) is 3. The molecule has 0 aliphatic rings. The van der Waals surface area contributed by atoms with E-state index < -0.39 is 0 Å². The maximum absolute atomic E-state index is 13.6. The second-order valence-electron chi connectivity index (χ2n) is 3.94. The Kier molecular flexibility index (Phi) is 3.57. The van der Waals surface area contributed by atoms with Crippen molar-refractivity contribution in [3.8, 4) is 0 Å². The van der Waals surface area contributed by atoms with Gasteiger partial charge in [-0.1, -0.05) is 17.2 Å². The van der Waals surface area contributed by atoms with Gasteiger partial charge in [0.1, 0.15) is 5.82 Å². The fourth-order valence-corrected chi connectivity index (χ4v) is 1.49. The molecular formula is C12H15FN4O. The molecule has 1 heterocycles. The van der Waals surface area contributed by atoms with E-state index in [2.05, 4.69) is 15.5 Å². The van der Waals surface area contributed by atoms with Crippen LogP contribution in [0.25, 0.3) is 0 Å². The lowest BCUT2D eigenvalue weighted by Crippen LogP contribution is -2.13. The summed E-state index contributed by atoms with van der Waals surface area (Å²) >= 11 is 0. The molecule has 0 fully saturated rings. The molecule has 0 saturated heterocycles. The molecule has 96 valence electrons. The molecular weight excluding hydrogens is 235 g/mol. The maximum atomic E-state index is 13.6. The van der Waals surface area contributed by atoms with Crippen LogP contribution in [0, 0.1) is 5.82 Å². The van der Waals surface area contributed by atoms with Gasteiger partial charge < -0.3 is 9.73 Å². The van der Waals surface area contributed by atoms with Gasteiger partial charge in [-0.2, -0.15) is 0 Å². The zero-order chi connectivity index (χ0) is 13.1. The number of hydrogen-bond acceptors (Lipinski definition) is 5. The smallest absolute Gasteiger partial charge is 0.322 e. The van der Waals surface area contributed by atoms with Crippen molar-refractivity contribution in [2.45, 2.75) is 13.0 Å². The lowest BCUT2D eigenvalue weighted by Gasteiger charge is -2.14. The van der Waals surface area contributed by atoms with Crippen molar-refractivity contribution in [1.29, 1.82) is 0 Å². The largest absolute Gasteiger partial charge is 0.406 e. The Hall–Kier alpha value is -1.95. The minimum atomic E-state index is -0.332. The second kappa shape index (κ2) is 5.14. The average molecular weight is 250 g/mol. The molecule has 2 aromatic rings. The Morgan fingerprint density at radius 2 is 2.06 bits per heavy atom. The summed E-state index contributed by atoms with van der Waals surface area (Å²) in [4.78, 5) is 1.52. The van der Waals surface area contributed by atoms with E-state index in [9.17, 15) is 4.39 Å². The summed E-state index contributed by atoms with van der Waals surface area (Å²) in [5.74, 6) is 0.136. The number of halogens is 1. The minimum absolute atomic E-state index is 0.0414. The number of aromatic nitrogens is 2. The van der Waals surface area contributed by atoms with Crippen LogP contribution in [0.4, 0.5) is 16.1 Å². The molecule has 1 N–H and O–H groups in total. The zero-order valence-corrected chi connectivity index (χ0v) is 10.5. The van der Waals surface area contributed by atoms with Crippen molar-refractivity contribution in [2.24, 2.45) is 0 Å². The normalized spacial score (nSPS) is 12.4. The van der Waals surface area contributed by atoms with E-state index in [4.69, 9.17) is 4.42 Å². The molecule has 18 heavy (non-hydrogen) atoms. The number of benzene rings is 1. The van der Waals surface area contributed by atoms with E-state index in [1.54, 1.807) is 32.3 Å². The molecule has 0 radical (unpaired) electrons. The number of para-hydroxylation sites is 1. The maximum Gasteiger partial charge on any atom is 0.322 e. The van der Waals surface area contributed by atoms with E-state index in [-0.39, 0.29) is 17.9 Å². The van der Waals surface area contributed by atoms with Crippen LogP contribution < -0.4 is 10.2 Å². The van der Waals surface area contributed by atoms with Crippen LogP contribution in [-0.4, -0.2) is 24.3 Å². The van der Waals surface area contributed by atoms with Gasteiger partial charge in [-0.3, -0.25) is 4.90 Å². The molecule has 0 aliphatic carbocycles. The molecule has 2 rings (SSSR count). The lowest BCUT2D eigenvalue weighted by atomic mass is 10.3. The molecule has 0 amide bonds. The third-order valence-corrected chi connectivity index (χ3v) is 2.73. The van der Waals surface area contributed by atoms with Gasteiger partial charge in [0.2, 0.25) is 5.89 Å². The topological polar surface area (TPSA) is 54.2 Å². The first kappa shape index (κ1) is 12.5. The first-order chi connectivity index (χ1) is 8.63. The van der Waals surface area contributed by atoms with Crippen LogP contribution in [0.1, 0.15) is 18.9 Å². The predicted octanol–water partition coefficient (Wildman–Crippen LogP) is 2.26. The van der Waals surface area contributed by atoms with Crippen molar-refractivity contribution in [3.05, 3.63) is 36.0 Å². The third-order valence-electron chi connectivity index (χ3n) is 2.73. The number of nitrogens with one attached hydrogen (secondary N) is 1. The highest BCUT2D eigenvalue weighted by atomic mass is 19.1. The first-order valence-corrected chi connectivity index (χ1v) is 5.62. The molecule has 1 unspecified atom stereocenters. The van der Waals surface area contributed by atoms with E-state index in [0.29, 0.717) is 11.6 Å². The van der Waals surface area contributed by atoms with E-state index in [1.807, 2.05) is 6.92 Å². The number of rotatable bonds is 4. The zero-order valence-electron chi connectivity index (χ0n) is 10.5. The van der Waals surface area contributed by atoms with Crippen molar-refractivity contribution in [3.63, 3.8) is 0 Å². The molecule has 1 atom stereocenters. The van der Waals surface area contributed by atoms with Gasteiger partial charge >= 0.3 is 6.01 Å². The fraction of sp³-hybridized carbons (Fsp3) is 0.333. The quantitative estimate of drug-likeness (QED) is 0.902. The average Bonchev–Trinajstić information content (AvgIpc) is 2.87. The molecule has 1 aromatic carbocycles. The van der Waals surface area contributed by atoms with E-state index in [1.165, 1.54) is 11.0 Å². The Balaban J connectivity index is 2.27. The van der Waals surface area contributed by atoms with Gasteiger partial charge in [0.05, 0.1) is 11.7 Å². The monoisotopic (exact) mass is 250 g/mol. The molecule has 0 saturated carbocycles. The van der Waals surface area contributed by atoms with E-state index in [0.717, 1.165) is 0 Å². The highest BCUT2D eigenvalue weighted by Crippen LogP contribution is 2.25. The van der Waals surface area contributed by atoms with Gasteiger partial charge in [-0.05, 0) is 26.1 Å². The van der Waals surface area contributed by atoms with Gasteiger partial charge in [0.25, 0.3) is 0 Å². The first-order valence-electron chi connectivity index (χ1n) is 5.62. The van der Waals surface area contributed by atoms with Crippen LogP contribution in [-0.2, 0) is 0 Å². The Morgan fingerprint density at radius 1 is 1.33 bits per heavy atom. The standard InChI is InChI=1S/C12H15FN4O/c1-8(14-2)11-15-16-12(18-11)17(3)10-7-5-4-6-9(10)13/h4-8,14H,1-3H3. The molecule has 1 aromatic heterocycles. The highest BCUT2D eigenvalue weighted by Gasteiger charge is 2.17. The summed E-state index contributed by atoms with van der Waals surface area (Å²) in [7, 11) is 3.48. The highest BCUT2D eigenvalue weighted by molar-refractivity contribution is 5.55. The summed E-state index contributed by atoms with van der Waals surface area (Å²) in [6.07, 6.45) is 0. The van der Waals surface area contributed by atoms with Gasteiger partial charge in [0, 0.05) is 7.05 Å². The van der Waals surface area contributed by atoms with Crippen LogP contribution >= 0.6 is 0 Å². The molecule has 0 bridgehead atoms. The molecule has 6 heteroatoms. The Morgan fingerprint density at radius 3 is 2.72 bits per heavy atom. The molecule has 5 nitrogen and oxygen atoms in total. The third kappa shape index (κ3) is 2.33. The summed E-state index contributed by atoms with van der Waals surface area (Å²) < 4.78 is 19.1. The summed E-state index contributed by atoms with van der Waals surface area (Å²) in [6.45, 7) is 1.90. The SMILES string of the molecule is CNC(C)c1nnc(N(C)c2ccccc2F)o1. The Labute approximate surface area is 105 Å². The predicted molar refractivity (Wildman–Crippen MR) is 66.2 cm³/mol. The van der Waals surface area contributed by atoms with Gasteiger partial charge in [-0.25, -0.2) is 4.39 Å². The molecule has 0 spiro atoms. The lowest BCUT2D eigenvalue weighted by molar-refractivity contribution is 0.436. The van der Waals surface area contributed by atoms with Crippen molar-refractivity contribution >= 4 is 11.7 Å². The van der Waals surface area contributed by atoms with Gasteiger partial charge in [-0.15, -0.1) is 5.10 Å². The summed E-state index contributed by atoms with van der Waals surface area (Å²) in [5.41, 5.74) is 0.393. The second-order valence-corrected chi connectivity index (χ2v) is 3.94. The number of anilines is 2. The van der Waals surface area contributed by atoms with Crippen molar-refractivity contribution in [1.82, 2.24) is 15.5 Å². The van der Waals surface area contributed by atoms with Crippen LogP contribution in [0.5, 0.6) is 0 Å². The summed E-state index contributed by atoms with van der Waals surface area (Å²) in [5, 5.41) is 10.8. The van der Waals surface area contributed by atoms with Crippen LogP contribution in [0.3, 0.4) is 0 Å². The van der Waals surface area contributed by atoms with E-state index >= 15 is 0 Å². The fourth-order valence-electron chi connectivity index (χ4n) is 1.49. The minimum Gasteiger partial charge on any atom is -0.406 e. The Bertz CT molecular complexity index is 528. The van der Waals surface area contributed by atoms with Gasteiger partial charge in [0.15, 0.2) is 0 Å². The van der Waals surface area contributed by atoms with Crippen LogP contribution in [0.15, 0.2) is 28.7 Å². The van der Waals surface area contributed by atoms with Crippen molar-refractivity contribution < 1.29 is 8.81 Å². The number of hydrogen-bond donors (Lipinski definition) is 1.